The van der Waals surface area contributed by atoms with Gasteiger partial charge in [0.25, 0.3) is 0 Å². The quantitative estimate of drug-likeness (QED) is 0.617. The number of halogens is 2. The summed E-state index contributed by atoms with van der Waals surface area (Å²) in [6.45, 7) is 3.65. The van der Waals surface area contributed by atoms with E-state index in [1.807, 2.05) is 0 Å². The summed E-state index contributed by atoms with van der Waals surface area (Å²) < 4.78 is 24.1. The molecule has 2 aliphatic rings. The first-order valence-electron chi connectivity index (χ1n) is 11.2. The molecule has 5 nitrogen and oxygen atoms in total. The Morgan fingerprint density at radius 1 is 1.20 bits per heavy atom. The summed E-state index contributed by atoms with van der Waals surface area (Å²) in [5.41, 5.74) is 0. The number of likely N-dealkylation sites (tertiary alicyclic amines) is 1. The average molecular weight is 441 g/mol. The molecule has 0 aromatic heterocycles. The fourth-order valence-electron chi connectivity index (χ4n) is 4.46. The summed E-state index contributed by atoms with van der Waals surface area (Å²) in [6.07, 6.45) is 8.29. The molecular formula is C23H34ClFN2O3. The number of hydrogen-bond acceptors (Lipinski definition) is 4. The Kier molecular flexibility index (Phi) is 9.22. The Bertz CT molecular complexity index is 674. The minimum Gasteiger partial charge on any atom is -0.489 e. The van der Waals surface area contributed by atoms with Crippen molar-refractivity contribution < 1.29 is 18.7 Å². The summed E-state index contributed by atoms with van der Waals surface area (Å²) in [6, 6.07) is 4.62. The average Bonchev–Trinajstić information content (AvgIpc) is 2.75. The number of benzene rings is 1. The number of carbonyl (C=O) groups excluding carboxylic acids is 1. The van der Waals surface area contributed by atoms with Gasteiger partial charge in [-0.15, -0.1) is 0 Å². The molecule has 0 unspecified atom stereocenters. The highest BCUT2D eigenvalue weighted by Crippen LogP contribution is 2.29. The highest BCUT2D eigenvalue weighted by Gasteiger charge is 2.25. The van der Waals surface area contributed by atoms with Gasteiger partial charge in [-0.25, -0.2) is 4.39 Å². The molecule has 168 valence electrons. The Balaban J connectivity index is 1.29. The molecule has 3 rings (SSSR count). The minimum atomic E-state index is -0.343. The van der Waals surface area contributed by atoms with Crippen molar-refractivity contribution in [2.75, 3.05) is 33.4 Å². The van der Waals surface area contributed by atoms with Crippen LogP contribution in [0.15, 0.2) is 18.2 Å². The Hall–Kier alpha value is -1.37. The molecule has 1 amide bonds. The topological polar surface area (TPSA) is 50.8 Å². The van der Waals surface area contributed by atoms with E-state index in [1.54, 1.807) is 13.2 Å². The number of nitrogens with zero attached hydrogens (tertiary/aromatic N) is 1. The summed E-state index contributed by atoms with van der Waals surface area (Å²) in [5.74, 6) is 1.09. The maximum atomic E-state index is 13.2. The fraction of sp³-hybridized carbons (Fsp3) is 0.696. The molecular weight excluding hydrogens is 407 g/mol. The number of carbonyl (C=O) groups is 1. The molecule has 1 heterocycles. The van der Waals surface area contributed by atoms with Gasteiger partial charge in [0.15, 0.2) is 0 Å². The van der Waals surface area contributed by atoms with Crippen LogP contribution in [-0.4, -0.2) is 56.3 Å². The summed E-state index contributed by atoms with van der Waals surface area (Å²) >= 11 is 6.07. The first-order valence-corrected chi connectivity index (χ1v) is 11.5. The van der Waals surface area contributed by atoms with Crippen LogP contribution in [0.5, 0.6) is 5.75 Å². The van der Waals surface area contributed by atoms with Crippen molar-refractivity contribution in [3.8, 4) is 5.75 Å². The molecule has 2 fully saturated rings. The third-order valence-corrected chi connectivity index (χ3v) is 6.62. The normalized spacial score (nSPS) is 23.3. The van der Waals surface area contributed by atoms with Gasteiger partial charge in [-0.2, -0.15) is 0 Å². The molecule has 0 bridgehead atoms. The maximum Gasteiger partial charge on any atom is 0.222 e. The Morgan fingerprint density at radius 3 is 2.60 bits per heavy atom. The SMILES string of the molecule is COCCC(=O)NC1CCC(CCN2CCC(Oc3ccc(F)cc3Cl)CC2)CC1. The largest absolute Gasteiger partial charge is 0.489 e. The first kappa shape index (κ1) is 23.3. The van der Waals surface area contributed by atoms with E-state index in [9.17, 15) is 9.18 Å². The third-order valence-electron chi connectivity index (χ3n) is 6.32. The molecule has 7 heteroatoms. The molecule has 1 aliphatic heterocycles. The lowest BCUT2D eigenvalue weighted by atomic mass is 9.84. The molecule has 1 aromatic carbocycles. The van der Waals surface area contributed by atoms with E-state index in [0.29, 0.717) is 29.8 Å². The molecule has 0 atom stereocenters. The van der Waals surface area contributed by atoms with Crippen LogP contribution in [0.4, 0.5) is 4.39 Å². The number of hydrogen-bond donors (Lipinski definition) is 1. The molecule has 0 spiro atoms. The van der Waals surface area contributed by atoms with E-state index < -0.39 is 0 Å². The van der Waals surface area contributed by atoms with Crippen LogP contribution in [0.2, 0.25) is 5.02 Å². The second kappa shape index (κ2) is 11.9. The molecule has 0 radical (unpaired) electrons. The summed E-state index contributed by atoms with van der Waals surface area (Å²) in [4.78, 5) is 14.3. The van der Waals surface area contributed by atoms with Gasteiger partial charge in [0.05, 0.1) is 11.6 Å². The number of rotatable bonds is 9. The lowest BCUT2D eigenvalue weighted by Crippen LogP contribution is -2.40. The van der Waals surface area contributed by atoms with Crippen LogP contribution in [0.25, 0.3) is 0 Å². The van der Waals surface area contributed by atoms with E-state index in [4.69, 9.17) is 21.1 Å². The zero-order chi connectivity index (χ0) is 21.3. The van der Waals surface area contributed by atoms with Crippen molar-refractivity contribution in [3.05, 3.63) is 29.0 Å². The molecule has 30 heavy (non-hydrogen) atoms. The van der Waals surface area contributed by atoms with Crippen LogP contribution in [0.1, 0.15) is 51.4 Å². The second-order valence-corrected chi connectivity index (χ2v) is 8.96. The monoisotopic (exact) mass is 440 g/mol. The van der Waals surface area contributed by atoms with Crippen LogP contribution in [-0.2, 0) is 9.53 Å². The van der Waals surface area contributed by atoms with Crippen LogP contribution < -0.4 is 10.1 Å². The zero-order valence-electron chi connectivity index (χ0n) is 17.9. The van der Waals surface area contributed by atoms with Gasteiger partial charge in [-0.1, -0.05) is 11.6 Å². The van der Waals surface area contributed by atoms with Gasteiger partial charge in [-0.3, -0.25) is 4.79 Å². The Morgan fingerprint density at radius 2 is 1.93 bits per heavy atom. The molecule has 1 saturated carbocycles. The number of piperidine rings is 1. The number of ether oxygens (including phenoxy) is 2. The third kappa shape index (κ3) is 7.40. The van der Waals surface area contributed by atoms with Crippen LogP contribution in [0.3, 0.4) is 0 Å². The van der Waals surface area contributed by atoms with Crippen molar-refractivity contribution in [2.45, 2.75) is 63.5 Å². The second-order valence-electron chi connectivity index (χ2n) is 8.55. The van der Waals surface area contributed by atoms with Gasteiger partial charge >= 0.3 is 0 Å². The molecule has 1 aromatic rings. The van der Waals surface area contributed by atoms with Gasteiger partial charge in [0.1, 0.15) is 17.7 Å². The lowest BCUT2D eigenvalue weighted by Gasteiger charge is -2.34. The smallest absolute Gasteiger partial charge is 0.222 e. The lowest BCUT2D eigenvalue weighted by molar-refractivity contribution is -0.122. The van der Waals surface area contributed by atoms with E-state index in [2.05, 4.69) is 10.2 Å². The zero-order valence-corrected chi connectivity index (χ0v) is 18.6. The standard InChI is InChI=1S/C23H34ClFN2O3/c1-29-15-11-23(28)26-19-5-2-17(3-6-19)8-12-27-13-9-20(10-14-27)30-22-7-4-18(25)16-21(22)24/h4,7,16-17,19-20H,2-3,5-6,8-15H2,1H3,(H,26,28). The van der Waals surface area contributed by atoms with E-state index in [-0.39, 0.29) is 17.8 Å². The van der Waals surface area contributed by atoms with E-state index in [0.717, 1.165) is 51.2 Å². The van der Waals surface area contributed by atoms with Crippen molar-refractivity contribution >= 4 is 17.5 Å². The van der Waals surface area contributed by atoms with Crippen LogP contribution in [0, 0.1) is 11.7 Å². The van der Waals surface area contributed by atoms with E-state index in [1.165, 1.54) is 31.4 Å². The summed E-state index contributed by atoms with van der Waals surface area (Å²) in [5, 5.41) is 3.47. The van der Waals surface area contributed by atoms with Gasteiger partial charge in [0, 0.05) is 32.7 Å². The Labute approximate surface area is 184 Å². The highest BCUT2D eigenvalue weighted by molar-refractivity contribution is 6.32. The van der Waals surface area contributed by atoms with Crippen molar-refractivity contribution in [1.82, 2.24) is 10.2 Å². The molecule has 1 aliphatic carbocycles. The van der Waals surface area contributed by atoms with Gasteiger partial charge in [0.2, 0.25) is 5.91 Å². The van der Waals surface area contributed by atoms with Crippen molar-refractivity contribution in [2.24, 2.45) is 5.92 Å². The van der Waals surface area contributed by atoms with Crippen molar-refractivity contribution in [3.63, 3.8) is 0 Å². The molecule has 1 saturated heterocycles. The first-order chi connectivity index (χ1) is 14.5. The van der Waals surface area contributed by atoms with Crippen LogP contribution >= 0.6 is 11.6 Å². The minimum absolute atomic E-state index is 0.104. The van der Waals surface area contributed by atoms with Crippen molar-refractivity contribution in [1.29, 1.82) is 0 Å². The highest BCUT2D eigenvalue weighted by atomic mass is 35.5. The van der Waals surface area contributed by atoms with E-state index >= 15 is 0 Å². The predicted octanol–water partition coefficient (Wildman–Crippen LogP) is 4.42. The van der Waals surface area contributed by atoms with Gasteiger partial charge < -0.3 is 19.7 Å². The predicted molar refractivity (Wildman–Crippen MR) is 116 cm³/mol. The molecule has 1 N–H and O–H groups in total. The summed E-state index contributed by atoms with van der Waals surface area (Å²) in [7, 11) is 1.62. The number of nitrogens with one attached hydrogen (secondary N) is 1. The number of methoxy groups -OCH3 is 1. The number of amides is 1. The maximum absolute atomic E-state index is 13.2. The fourth-order valence-corrected chi connectivity index (χ4v) is 4.67. The van der Waals surface area contributed by atoms with Gasteiger partial charge in [-0.05, 0) is 75.6 Å².